The first kappa shape index (κ1) is 9.90. The Hall–Kier alpha value is -2.29. The molecule has 0 bridgehead atoms. The van der Waals surface area contributed by atoms with Gasteiger partial charge in [-0.3, -0.25) is 0 Å². The van der Waals surface area contributed by atoms with Crippen molar-refractivity contribution >= 4 is 11.0 Å². The number of nitrogens with zero attached hydrogens (tertiary/aromatic N) is 3. The van der Waals surface area contributed by atoms with Crippen LogP contribution in [0.15, 0.2) is 48.5 Å². The van der Waals surface area contributed by atoms with E-state index in [1.165, 1.54) is 0 Å². The molecule has 3 nitrogen and oxygen atoms in total. The molecule has 0 amide bonds. The number of hydrogen-bond acceptors (Lipinski definition) is 3. The number of fused-ring (bicyclic) bond motifs is 1. The molecule has 0 aliphatic carbocycles. The third-order valence-corrected chi connectivity index (χ3v) is 2.72. The van der Waals surface area contributed by atoms with Crippen LogP contribution in [0.2, 0.25) is 0 Å². The van der Waals surface area contributed by atoms with E-state index in [1.54, 1.807) is 0 Å². The normalized spacial score (nSPS) is 10.6. The van der Waals surface area contributed by atoms with Gasteiger partial charge in [0.05, 0.1) is 5.52 Å². The topological polar surface area (TPSA) is 38.7 Å². The Morgan fingerprint density at radius 2 is 1.65 bits per heavy atom. The van der Waals surface area contributed by atoms with Crippen LogP contribution >= 0.6 is 0 Å². The van der Waals surface area contributed by atoms with E-state index in [0.717, 1.165) is 22.2 Å². The van der Waals surface area contributed by atoms with Crippen LogP contribution in [0.1, 0.15) is 5.56 Å². The van der Waals surface area contributed by atoms with E-state index in [-0.39, 0.29) is 0 Å². The van der Waals surface area contributed by atoms with Crippen molar-refractivity contribution in [2.45, 2.75) is 6.92 Å². The molecular formula is C14H11N3. The zero-order valence-corrected chi connectivity index (χ0v) is 9.46. The van der Waals surface area contributed by atoms with Gasteiger partial charge < -0.3 is 0 Å². The van der Waals surface area contributed by atoms with Crippen LogP contribution in [-0.2, 0) is 0 Å². The molecule has 0 fully saturated rings. The number of rotatable bonds is 1. The lowest BCUT2D eigenvalue weighted by atomic mass is 10.2. The SMILES string of the molecule is Cc1cccc2nnc(-c3ccccc3)nc12. The molecule has 0 saturated heterocycles. The van der Waals surface area contributed by atoms with Crippen molar-refractivity contribution in [2.24, 2.45) is 0 Å². The van der Waals surface area contributed by atoms with Gasteiger partial charge in [0, 0.05) is 5.56 Å². The summed E-state index contributed by atoms with van der Waals surface area (Å²) in [6.45, 7) is 2.03. The van der Waals surface area contributed by atoms with Gasteiger partial charge in [0.15, 0.2) is 5.82 Å². The molecule has 3 heteroatoms. The molecule has 17 heavy (non-hydrogen) atoms. The fourth-order valence-electron chi connectivity index (χ4n) is 1.81. The van der Waals surface area contributed by atoms with Gasteiger partial charge in [-0.15, -0.1) is 10.2 Å². The summed E-state index contributed by atoms with van der Waals surface area (Å²) in [4.78, 5) is 4.57. The molecule has 0 radical (unpaired) electrons. The first-order valence-electron chi connectivity index (χ1n) is 5.50. The Kier molecular flexibility index (Phi) is 2.29. The monoisotopic (exact) mass is 221 g/mol. The van der Waals surface area contributed by atoms with Gasteiger partial charge in [0.2, 0.25) is 0 Å². The summed E-state index contributed by atoms with van der Waals surface area (Å²) >= 11 is 0. The third kappa shape index (κ3) is 1.76. The second-order valence-corrected chi connectivity index (χ2v) is 3.94. The van der Waals surface area contributed by atoms with Crippen molar-refractivity contribution in [1.29, 1.82) is 0 Å². The maximum atomic E-state index is 4.57. The molecule has 3 rings (SSSR count). The lowest BCUT2D eigenvalue weighted by Gasteiger charge is -2.02. The predicted molar refractivity (Wildman–Crippen MR) is 67.5 cm³/mol. The molecule has 1 aromatic heterocycles. The molecule has 0 aliphatic rings. The van der Waals surface area contributed by atoms with Gasteiger partial charge in [0.25, 0.3) is 0 Å². The maximum Gasteiger partial charge on any atom is 0.182 e. The highest BCUT2D eigenvalue weighted by Crippen LogP contribution is 2.18. The third-order valence-electron chi connectivity index (χ3n) is 2.72. The van der Waals surface area contributed by atoms with Crippen molar-refractivity contribution in [1.82, 2.24) is 15.2 Å². The fourth-order valence-corrected chi connectivity index (χ4v) is 1.81. The van der Waals surface area contributed by atoms with Gasteiger partial charge in [-0.1, -0.05) is 42.5 Å². The summed E-state index contributed by atoms with van der Waals surface area (Å²) in [5, 5.41) is 8.36. The standard InChI is InChI=1S/C14H11N3/c1-10-6-5-9-12-13(10)15-14(17-16-12)11-7-3-2-4-8-11/h2-9H,1H3. The Labute approximate surface area is 99.2 Å². The highest BCUT2D eigenvalue weighted by atomic mass is 15.1. The number of hydrogen-bond donors (Lipinski definition) is 0. The Bertz CT molecular complexity index is 663. The second-order valence-electron chi connectivity index (χ2n) is 3.94. The number of aromatic nitrogens is 3. The van der Waals surface area contributed by atoms with E-state index in [9.17, 15) is 0 Å². The average Bonchev–Trinajstić information content (AvgIpc) is 2.40. The van der Waals surface area contributed by atoms with Gasteiger partial charge in [0.1, 0.15) is 5.52 Å². The lowest BCUT2D eigenvalue weighted by Crippen LogP contribution is -1.95. The van der Waals surface area contributed by atoms with E-state index in [4.69, 9.17) is 0 Å². The van der Waals surface area contributed by atoms with Gasteiger partial charge in [-0.05, 0) is 18.6 Å². The van der Waals surface area contributed by atoms with E-state index in [0.29, 0.717) is 5.82 Å². The molecule has 0 spiro atoms. The second kappa shape index (κ2) is 3.94. The van der Waals surface area contributed by atoms with Crippen molar-refractivity contribution < 1.29 is 0 Å². The summed E-state index contributed by atoms with van der Waals surface area (Å²) in [7, 11) is 0. The number of benzene rings is 2. The molecule has 0 unspecified atom stereocenters. The summed E-state index contributed by atoms with van der Waals surface area (Å²) in [5.74, 6) is 0.674. The quantitative estimate of drug-likeness (QED) is 0.634. The summed E-state index contributed by atoms with van der Waals surface area (Å²) in [5.41, 5.74) is 3.87. The molecule has 1 heterocycles. The minimum absolute atomic E-state index is 0.674. The zero-order valence-electron chi connectivity index (χ0n) is 9.46. The van der Waals surface area contributed by atoms with E-state index in [1.807, 2.05) is 55.5 Å². The number of para-hydroxylation sites is 1. The van der Waals surface area contributed by atoms with E-state index < -0.39 is 0 Å². The molecule has 82 valence electrons. The molecule has 3 aromatic rings. The molecule has 2 aromatic carbocycles. The van der Waals surface area contributed by atoms with Crippen LogP contribution in [0.5, 0.6) is 0 Å². The van der Waals surface area contributed by atoms with Gasteiger partial charge in [-0.25, -0.2) is 4.98 Å². The van der Waals surface area contributed by atoms with Crippen LogP contribution in [0, 0.1) is 6.92 Å². The molecule has 0 saturated carbocycles. The van der Waals surface area contributed by atoms with Crippen molar-refractivity contribution in [3.05, 3.63) is 54.1 Å². The van der Waals surface area contributed by atoms with Crippen LogP contribution < -0.4 is 0 Å². The molecular weight excluding hydrogens is 210 g/mol. The summed E-state index contributed by atoms with van der Waals surface area (Å²) < 4.78 is 0. The molecule has 0 atom stereocenters. The maximum absolute atomic E-state index is 4.57. The van der Waals surface area contributed by atoms with Crippen molar-refractivity contribution in [3.63, 3.8) is 0 Å². The summed E-state index contributed by atoms with van der Waals surface area (Å²) in [6, 6.07) is 15.8. The highest BCUT2D eigenvalue weighted by molar-refractivity contribution is 5.78. The lowest BCUT2D eigenvalue weighted by molar-refractivity contribution is 1.03. The Balaban J connectivity index is 2.23. The van der Waals surface area contributed by atoms with E-state index in [2.05, 4.69) is 15.2 Å². The highest BCUT2D eigenvalue weighted by Gasteiger charge is 2.05. The van der Waals surface area contributed by atoms with Crippen molar-refractivity contribution in [3.8, 4) is 11.4 Å². The summed E-state index contributed by atoms with van der Waals surface area (Å²) in [6.07, 6.45) is 0. The van der Waals surface area contributed by atoms with Crippen molar-refractivity contribution in [2.75, 3.05) is 0 Å². The Morgan fingerprint density at radius 1 is 0.824 bits per heavy atom. The van der Waals surface area contributed by atoms with Crippen LogP contribution in [-0.4, -0.2) is 15.2 Å². The predicted octanol–water partition coefficient (Wildman–Crippen LogP) is 3.00. The zero-order chi connectivity index (χ0) is 11.7. The van der Waals surface area contributed by atoms with Gasteiger partial charge >= 0.3 is 0 Å². The smallest absolute Gasteiger partial charge is 0.182 e. The van der Waals surface area contributed by atoms with Crippen LogP contribution in [0.4, 0.5) is 0 Å². The largest absolute Gasteiger partial charge is 0.224 e. The molecule has 0 N–H and O–H groups in total. The van der Waals surface area contributed by atoms with Crippen LogP contribution in [0.3, 0.4) is 0 Å². The first-order valence-corrected chi connectivity index (χ1v) is 5.50. The minimum Gasteiger partial charge on any atom is -0.224 e. The fraction of sp³-hybridized carbons (Fsp3) is 0.0714. The average molecular weight is 221 g/mol. The first-order chi connectivity index (χ1) is 8.34. The van der Waals surface area contributed by atoms with E-state index >= 15 is 0 Å². The van der Waals surface area contributed by atoms with Gasteiger partial charge in [-0.2, -0.15) is 0 Å². The minimum atomic E-state index is 0.674. The Morgan fingerprint density at radius 3 is 2.47 bits per heavy atom. The van der Waals surface area contributed by atoms with Crippen LogP contribution in [0.25, 0.3) is 22.4 Å². The number of aryl methyl sites for hydroxylation is 1. The molecule has 0 aliphatic heterocycles.